The van der Waals surface area contributed by atoms with Gasteiger partial charge >= 0.3 is 0 Å². The van der Waals surface area contributed by atoms with Crippen LogP contribution in [0.2, 0.25) is 5.02 Å². The topological polar surface area (TPSA) is 45.0 Å². The van der Waals surface area contributed by atoms with Crippen LogP contribution in [0.25, 0.3) is 11.1 Å². The number of aryl methyl sites for hydroxylation is 1. The number of benzene rings is 2. The number of methoxy groups -OCH3 is 1. The molecule has 1 heterocycles. The Morgan fingerprint density at radius 3 is 2.50 bits per heavy atom. The fraction of sp³-hybridized carbons (Fsp3) is 0.409. The Labute approximate surface area is 160 Å². The first-order valence-corrected chi connectivity index (χ1v) is 9.18. The van der Waals surface area contributed by atoms with E-state index < -0.39 is 0 Å². The standard InChI is InChI=1S/C22H25ClN2O/c1-13-10-16(15-9-7-8-14(11-24)20(15)26-6)18(23)17-19(13)25-22(4,5)12-21(17,2)3/h7-10,25H,12H2,1-6H3. The number of rotatable bonds is 2. The maximum Gasteiger partial charge on any atom is 0.144 e. The average Bonchev–Trinajstić information content (AvgIpc) is 2.54. The summed E-state index contributed by atoms with van der Waals surface area (Å²) >= 11 is 6.96. The van der Waals surface area contributed by atoms with Crippen molar-refractivity contribution in [3.8, 4) is 22.9 Å². The van der Waals surface area contributed by atoms with Gasteiger partial charge < -0.3 is 10.1 Å². The van der Waals surface area contributed by atoms with Crippen molar-refractivity contribution in [3.05, 3.63) is 46.0 Å². The van der Waals surface area contributed by atoms with Crippen LogP contribution in [0.4, 0.5) is 5.69 Å². The van der Waals surface area contributed by atoms with E-state index in [1.165, 1.54) is 0 Å². The molecule has 4 heteroatoms. The van der Waals surface area contributed by atoms with Crippen molar-refractivity contribution in [2.24, 2.45) is 0 Å². The molecule has 0 aromatic heterocycles. The molecule has 0 fully saturated rings. The van der Waals surface area contributed by atoms with Gasteiger partial charge in [0.25, 0.3) is 0 Å². The first kappa shape index (κ1) is 18.6. The number of nitriles is 1. The van der Waals surface area contributed by atoms with Gasteiger partial charge in [-0.3, -0.25) is 0 Å². The zero-order valence-electron chi connectivity index (χ0n) is 16.2. The van der Waals surface area contributed by atoms with E-state index in [2.05, 4.69) is 52.1 Å². The maximum atomic E-state index is 9.40. The molecule has 0 radical (unpaired) electrons. The second-order valence-corrected chi connectivity index (χ2v) is 8.75. The summed E-state index contributed by atoms with van der Waals surface area (Å²) in [4.78, 5) is 0. The molecular weight excluding hydrogens is 344 g/mol. The Bertz CT molecular complexity index is 923. The molecule has 1 aliphatic rings. The smallest absolute Gasteiger partial charge is 0.144 e. The minimum absolute atomic E-state index is 0.00448. The third-order valence-corrected chi connectivity index (χ3v) is 5.51. The van der Waals surface area contributed by atoms with Crippen LogP contribution in [-0.2, 0) is 5.41 Å². The molecule has 136 valence electrons. The van der Waals surface area contributed by atoms with E-state index in [0.29, 0.717) is 11.3 Å². The highest BCUT2D eigenvalue weighted by Crippen LogP contribution is 2.51. The Balaban J connectivity index is 2.33. The SMILES string of the molecule is COc1c(C#N)cccc1-c1cc(C)c2c(c1Cl)C(C)(C)CC(C)(C)N2. The predicted octanol–water partition coefficient (Wildman–Crippen LogP) is 6.07. The summed E-state index contributed by atoms with van der Waals surface area (Å²) in [7, 11) is 1.59. The van der Waals surface area contributed by atoms with Crippen molar-refractivity contribution in [2.75, 3.05) is 12.4 Å². The van der Waals surface area contributed by atoms with Gasteiger partial charge in [0, 0.05) is 27.9 Å². The summed E-state index contributed by atoms with van der Waals surface area (Å²) < 4.78 is 5.55. The molecule has 2 aromatic rings. The first-order valence-electron chi connectivity index (χ1n) is 8.80. The summed E-state index contributed by atoms with van der Waals surface area (Å²) in [6.07, 6.45) is 0.977. The number of para-hydroxylation sites is 1. The lowest BCUT2D eigenvalue weighted by Gasteiger charge is -2.45. The van der Waals surface area contributed by atoms with Gasteiger partial charge in [-0.15, -0.1) is 0 Å². The van der Waals surface area contributed by atoms with Gasteiger partial charge in [-0.25, -0.2) is 0 Å². The third-order valence-electron chi connectivity index (χ3n) is 5.11. The lowest BCUT2D eigenvalue weighted by atomic mass is 9.70. The lowest BCUT2D eigenvalue weighted by molar-refractivity contribution is 0.355. The second-order valence-electron chi connectivity index (χ2n) is 8.37. The van der Waals surface area contributed by atoms with Gasteiger partial charge in [0.1, 0.15) is 11.8 Å². The zero-order chi connectivity index (χ0) is 19.3. The number of ether oxygens (including phenoxy) is 1. The highest BCUT2D eigenvalue weighted by molar-refractivity contribution is 6.35. The number of nitrogens with zero attached hydrogens (tertiary/aromatic N) is 1. The van der Waals surface area contributed by atoms with Crippen molar-refractivity contribution in [3.63, 3.8) is 0 Å². The minimum atomic E-state index is -0.0674. The third kappa shape index (κ3) is 2.93. The molecule has 3 nitrogen and oxygen atoms in total. The van der Waals surface area contributed by atoms with Crippen LogP contribution in [0.15, 0.2) is 24.3 Å². The van der Waals surface area contributed by atoms with Crippen LogP contribution in [0, 0.1) is 18.3 Å². The number of halogens is 1. The predicted molar refractivity (Wildman–Crippen MR) is 108 cm³/mol. The van der Waals surface area contributed by atoms with E-state index in [4.69, 9.17) is 16.3 Å². The Morgan fingerprint density at radius 2 is 1.88 bits per heavy atom. The van der Waals surface area contributed by atoms with Crippen LogP contribution in [0.1, 0.15) is 50.8 Å². The molecule has 0 saturated heterocycles. The van der Waals surface area contributed by atoms with E-state index in [0.717, 1.165) is 39.4 Å². The summed E-state index contributed by atoms with van der Waals surface area (Å²) in [5.41, 5.74) is 5.61. The zero-order valence-corrected chi connectivity index (χ0v) is 17.0. The van der Waals surface area contributed by atoms with Crippen LogP contribution < -0.4 is 10.1 Å². The summed E-state index contributed by atoms with van der Waals surface area (Å²) in [5, 5.41) is 13.8. The van der Waals surface area contributed by atoms with Crippen LogP contribution in [-0.4, -0.2) is 12.6 Å². The van der Waals surface area contributed by atoms with E-state index in [1.807, 2.05) is 12.1 Å². The monoisotopic (exact) mass is 368 g/mol. The van der Waals surface area contributed by atoms with Crippen LogP contribution in [0.5, 0.6) is 5.75 Å². The molecule has 26 heavy (non-hydrogen) atoms. The molecule has 0 atom stereocenters. The second kappa shape index (κ2) is 6.21. The molecular formula is C22H25ClN2O. The van der Waals surface area contributed by atoms with Gasteiger partial charge in [0.2, 0.25) is 0 Å². The average molecular weight is 369 g/mol. The molecule has 0 saturated carbocycles. The molecule has 0 amide bonds. The highest BCUT2D eigenvalue weighted by Gasteiger charge is 2.40. The molecule has 1 aliphatic heterocycles. The van der Waals surface area contributed by atoms with Crippen LogP contribution >= 0.6 is 11.6 Å². The van der Waals surface area contributed by atoms with E-state index in [9.17, 15) is 5.26 Å². The summed E-state index contributed by atoms with van der Waals surface area (Å²) in [6, 6.07) is 9.87. The molecule has 3 rings (SSSR count). The van der Waals surface area contributed by atoms with Crippen LogP contribution in [0.3, 0.4) is 0 Å². The van der Waals surface area contributed by atoms with Crippen molar-refractivity contribution in [2.45, 2.75) is 52.0 Å². The molecule has 2 aromatic carbocycles. The normalized spacial score (nSPS) is 17.0. The van der Waals surface area contributed by atoms with Gasteiger partial charge in [0.05, 0.1) is 17.7 Å². The maximum absolute atomic E-state index is 9.40. The summed E-state index contributed by atoms with van der Waals surface area (Å²) in [5.74, 6) is 0.568. The fourth-order valence-corrected chi connectivity index (χ4v) is 4.93. The minimum Gasteiger partial charge on any atom is -0.495 e. The van der Waals surface area contributed by atoms with E-state index in [1.54, 1.807) is 13.2 Å². The van der Waals surface area contributed by atoms with Crippen molar-refractivity contribution in [1.82, 2.24) is 0 Å². The van der Waals surface area contributed by atoms with E-state index >= 15 is 0 Å². The van der Waals surface area contributed by atoms with E-state index in [-0.39, 0.29) is 11.0 Å². The Hall–Kier alpha value is -2.18. The molecule has 0 spiro atoms. The number of anilines is 1. The van der Waals surface area contributed by atoms with Gasteiger partial charge in [-0.05, 0) is 50.3 Å². The molecule has 0 aliphatic carbocycles. The quantitative estimate of drug-likeness (QED) is 0.699. The van der Waals surface area contributed by atoms with Crippen molar-refractivity contribution < 1.29 is 4.74 Å². The number of hydrogen-bond donors (Lipinski definition) is 1. The molecule has 0 unspecified atom stereocenters. The van der Waals surface area contributed by atoms with Gasteiger partial charge in [-0.1, -0.05) is 37.6 Å². The number of nitrogens with one attached hydrogen (secondary N) is 1. The van der Waals surface area contributed by atoms with Gasteiger partial charge in [-0.2, -0.15) is 5.26 Å². The highest BCUT2D eigenvalue weighted by atomic mass is 35.5. The molecule has 1 N–H and O–H groups in total. The van der Waals surface area contributed by atoms with Crippen molar-refractivity contribution >= 4 is 17.3 Å². The largest absolute Gasteiger partial charge is 0.495 e. The lowest BCUT2D eigenvalue weighted by Crippen LogP contribution is -2.43. The number of fused-ring (bicyclic) bond motifs is 1. The van der Waals surface area contributed by atoms with Crippen molar-refractivity contribution in [1.29, 1.82) is 5.26 Å². The first-order chi connectivity index (χ1) is 12.1. The number of hydrogen-bond acceptors (Lipinski definition) is 3. The fourth-order valence-electron chi connectivity index (χ4n) is 4.42. The van der Waals surface area contributed by atoms with Gasteiger partial charge in [0.15, 0.2) is 0 Å². The Kier molecular flexibility index (Phi) is 4.45. The Morgan fingerprint density at radius 1 is 1.19 bits per heavy atom. The summed E-state index contributed by atoms with van der Waals surface area (Å²) in [6.45, 7) is 11.0. The molecule has 0 bridgehead atoms.